The Bertz CT molecular complexity index is 3610. The van der Waals surface area contributed by atoms with Crippen molar-refractivity contribution in [2.75, 3.05) is 4.90 Å². The van der Waals surface area contributed by atoms with Crippen LogP contribution in [-0.2, 0) is 0 Å². The molecule has 0 amide bonds. The van der Waals surface area contributed by atoms with Crippen LogP contribution in [0.4, 0.5) is 17.1 Å². The molecule has 0 N–H and O–H groups in total. The van der Waals surface area contributed by atoms with E-state index in [1.54, 1.807) is 0 Å². The van der Waals surface area contributed by atoms with Crippen molar-refractivity contribution in [2.24, 2.45) is 0 Å². The fourth-order valence-electron chi connectivity index (χ4n) is 9.63. The maximum atomic E-state index is 2.39. The van der Waals surface area contributed by atoms with E-state index < -0.39 is 0 Å². The minimum atomic E-state index is 1.09. The molecule has 1 heterocycles. The Labute approximate surface area is 360 Å². The van der Waals surface area contributed by atoms with Crippen molar-refractivity contribution < 1.29 is 0 Å². The lowest BCUT2D eigenvalue weighted by Crippen LogP contribution is -2.10. The van der Waals surface area contributed by atoms with Gasteiger partial charge in [0, 0.05) is 33.5 Å². The van der Waals surface area contributed by atoms with E-state index in [-0.39, 0.29) is 0 Å². The number of anilines is 3. The van der Waals surface area contributed by atoms with Crippen molar-refractivity contribution >= 4 is 71.2 Å². The van der Waals surface area contributed by atoms with Crippen LogP contribution in [0.1, 0.15) is 0 Å². The standard InChI is InChI=1S/C60H40N2/c1-2-17-47(18-3-1)62-59-26-9-8-22-57(59)58-38-32-45(40-60(58)62)41-27-33-48(34-28-41)61(50-19-10-16-46(39-50)54-23-11-15-42-13-4-6-20-51(42)54)49-35-29-44(30-36-49)53-24-12-25-55-52-21-7-5-14-43(52)31-37-56(53)55/h1-40H. The molecule has 2 heteroatoms. The first-order chi connectivity index (χ1) is 30.7. The smallest absolute Gasteiger partial charge is 0.0547 e. The lowest BCUT2D eigenvalue weighted by Gasteiger charge is -2.26. The summed E-state index contributed by atoms with van der Waals surface area (Å²) in [5.74, 6) is 0. The van der Waals surface area contributed by atoms with E-state index >= 15 is 0 Å². The Hall–Kier alpha value is -8.20. The second-order valence-corrected chi connectivity index (χ2v) is 16.1. The van der Waals surface area contributed by atoms with E-state index in [9.17, 15) is 0 Å². The zero-order valence-electron chi connectivity index (χ0n) is 34.0. The molecule has 1 aromatic heterocycles. The van der Waals surface area contributed by atoms with Gasteiger partial charge in [0.1, 0.15) is 0 Å². The van der Waals surface area contributed by atoms with Crippen molar-refractivity contribution in [2.45, 2.75) is 0 Å². The van der Waals surface area contributed by atoms with E-state index in [0.717, 1.165) is 22.7 Å². The fourth-order valence-corrected chi connectivity index (χ4v) is 9.63. The molecule has 11 aromatic carbocycles. The van der Waals surface area contributed by atoms with Gasteiger partial charge in [-0.15, -0.1) is 0 Å². The summed E-state index contributed by atoms with van der Waals surface area (Å²) in [4.78, 5) is 2.38. The van der Waals surface area contributed by atoms with Gasteiger partial charge in [0.2, 0.25) is 0 Å². The minimum Gasteiger partial charge on any atom is -0.310 e. The van der Waals surface area contributed by atoms with Gasteiger partial charge in [-0.2, -0.15) is 0 Å². The van der Waals surface area contributed by atoms with Crippen molar-refractivity contribution in [3.8, 4) is 39.1 Å². The number of hydrogen-bond acceptors (Lipinski definition) is 1. The average Bonchev–Trinajstić information content (AvgIpc) is 3.68. The van der Waals surface area contributed by atoms with E-state index in [0.29, 0.717) is 0 Å². The summed E-state index contributed by atoms with van der Waals surface area (Å²) in [6.45, 7) is 0. The first-order valence-electron chi connectivity index (χ1n) is 21.3. The summed E-state index contributed by atoms with van der Waals surface area (Å²) in [5.41, 5.74) is 14.0. The highest BCUT2D eigenvalue weighted by Gasteiger charge is 2.17. The highest BCUT2D eigenvalue weighted by Crippen LogP contribution is 2.41. The highest BCUT2D eigenvalue weighted by atomic mass is 15.1. The van der Waals surface area contributed by atoms with Crippen LogP contribution >= 0.6 is 0 Å². The normalized spacial score (nSPS) is 11.5. The Morgan fingerprint density at radius 1 is 0.258 bits per heavy atom. The molecule has 0 aliphatic carbocycles. The SMILES string of the molecule is c1ccc(-n2c3ccccc3c3ccc(-c4ccc(N(c5ccc(-c6cccc7c6ccc6ccccc67)cc5)c5cccc(-c6cccc7ccccc67)c5)cc4)cc32)cc1. The second-order valence-electron chi connectivity index (χ2n) is 16.1. The zero-order valence-corrected chi connectivity index (χ0v) is 34.0. The third-order valence-corrected chi connectivity index (χ3v) is 12.6. The third-order valence-electron chi connectivity index (χ3n) is 12.6. The van der Waals surface area contributed by atoms with E-state index in [1.165, 1.54) is 87.5 Å². The van der Waals surface area contributed by atoms with E-state index in [1.807, 2.05) is 0 Å². The summed E-state index contributed by atoms with van der Waals surface area (Å²) < 4.78 is 2.39. The molecule has 0 radical (unpaired) electrons. The molecule has 0 fully saturated rings. The number of para-hydroxylation sites is 2. The number of nitrogens with zero attached hydrogens (tertiary/aromatic N) is 2. The predicted octanol–water partition coefficient (Wildman–Crippen LogP) is 16.7. The lowest BCUT2D eigenvalue weighted by atomic mass is 9.94. The lowest BCUT2D eigenvalue weighted by molar-refractivity contribution is 1.18. The first kappa shape index (κ1) is 35.7. The van der Waals surface area contributed by atoms with Gasteiger partial charge in [-0.25, -0.2) is 0 Å². The third kappa shape index (κ3) is 6.04. The molecular formula is C60H40N2. The molecule has 0 atom stereocenters. The van der Waals surface area contributed by atoms with Gasteiger partial charge < -0.3 is 9.47 Å². The van der Waals surface area contributed by atoms with Gasteiger partial charge in [0.25, 0.3) is 0 Å². The largest absolute Gasteiger partial charge is 0.310 e. The summed E-state index contributed by atoms with van der Waals surface area (Å²) in [6.07, 6.45) is 0. The van der Waals surface area contributed by atoms with E-state index in [4.69, 9.17) is 0 Å². The Kier molecular flexibility index (Phi) is 8.53. The van der Waals surface area contributed by atoms with Crippen LogP contribution in [0.3, 0.4) is 0 Å². The molecule has 0 spiro atoms. The van der Waals surface area contributed by atoms with Crippen molar-refractivity contribution in [3.05, 3.63) is 243 Å². The van der Waals surface area contributed by atoms with Gasteiger partial charge in [-0.1, -0.05) is 182 Å². The molecular weight excluding hydrogens is 749 g/mol. The Morgan fingerprint density at radius 3 is 1.60 bits per heavy atom. The fraction of sp³-hybridized carbons (Fsp3) is 0. The van der Waals surface area contributed by atoms with Crippen LogP contribution in [0.15, 0.2) is 243 Å². The first-order valence-corrected chi connectivity index (χ1v) is 21.3. The maximum absolute atomic E-state index is 2.39. The molecule has 12 rings (SSSR count). The Balaban J connectivity index is 0.969. The molecule has 0 aliphatic heterocycles. The summed E-state index contributed by atoms with van der Waals surface area (Å²) >= 11 is 0. The molecule has 0 unspecified atom stereocenters. The van der Waals surface area contributed by atoms with Crippen LogP contribution in [-0.4, -0.2) is 4.57 Å². The van der Waals surface area contributed by atoms with Gasteiger partial charge in [0.05, 0.1) is 11.0 Å². The van der Waals surface area contributed by atoms with Crippen LogP contribution in [0, 0.1) is 0 Å². The average molecular weight is 789 g/mol. The number of fused-ring (bicyclic) bond motifs is 7. The number of rotatable bonds is 7. The van der Waals surface area contributed by atoms with Gasteiger partial charge in [-0.05, 0) is 126 Å². The number of aromatic nitrogens is 1. The molecule has 0 saturated heterocycles. The quantitative estimate of drug-likeness (QED) is 0.146. The topological polar surface area (TPSA) is 8.17 Å². The maximum Gasteiger partial charge on any atom is 0.0547 e. The van der Waals surface area contributed by atoms with Crippen LogP contribution in [0.5, 0.6) is 0 Å². The second kappa shape index (κ2) is 14.8. The molecule has 0 saturated carbocycles. The number of benzene rings is 11. The van der Waals surface area contributed by atoms with Gasteiger partial charge in [-0.3, -0.25) is 0 Å². The number of hydrogen-bond donors (Lipinski definition) is 0. The van der Waals surface area contributed by atoms with Crippen molar-refractivity contribution in [1.29, 1.82) is 0 Å². The van der Waals surface area contributed by atoms with E-state index in [2.05, 4.69) is 252 Å². The van der Waals surface area contributed by atoms with Gasteiger partial charge >= 0.3 is 0 Å². The molecule has 0 bridgehead atoms. The summed E-state index contributed by atoms with van der Waals surface area (Å²) in [5, 5.41) is 10.1. The zero-order chi connectivity index (χ0) is 41.0. The van der Waals surface area contributed by atoms with Crippen LogP contribution < -0.4 is 4.90 Å². The highest BCUT2D eigenvalue weighted by molar-refractivity contribution is 6.12. The molecule has 62 heavy (non-hydrogen) atoms. The molecule has 2 nitrogen and oxygen atoms in total. The van der Waals surface area contributed by atoms with Crippen LogP contribution in [0.25, 0.3) is 93.2 Å². The predicted molar refractivity (Wildman–Crippen MR) is 264 cm³/mol. The monoisotopic (exact) mass is 788 g/mol. The van der Waals surface area contributed by atoms with Crippen LogP contribution in [0.2, 0.25) is 0 Å². The Morgan fingerprint density at radius 2 is 0.806 bits per heavy atom. The van der Waals surface area contributed by atoms with Crippen molar-refractivity contribution in [1.82, 2.24) is 4.57 Å². The van der Waals surface area contributed by atoms with Crippen molar-refractivity contribution in [3.63, 3.8) is 0 Å². The minimum absolute atomic E-state index is 1.09. The molecule has 290 valence electrons. The summed E-state index contributed by atoms with van der Waals surface area (Å²) in [7, 11) is 0. The summed E-state index contributed by atoms with van der Waals surface area (Å²) in [6, 6.07) is 88.5. The van der Waals surface area contributed by atoms with Gasteiger partial charge in [0.15, 0.2) is 0 Å². The molecule has 12 aromatic rings. The molecule has 0 aliphatic rings.